The van der Waals surface area contributed by atoms with Gasteiger partial charge in [-0.25, -0.2) is 0 Å². The molecule has 3 aromatic rings. The van der Waals surface area contributed by atoms with Gasteiger partial charge in [-0.3, -0.25) is 14.5 Å². The average molecular weight is 512 g/mol. The zero-order valence-electron chi connectivity index (χ0n) is 20.3. The molecule has 2 aromatic carbocycles. The van der Waals surface area contributed by atoms with Gasteiger partial charge in [0.15, 0.2) is 0 Å². The maximum absolute atomic E-state index is 12.6. The van der Waals surface area contributed by atoms with Crippen LogP contribution in [0.3, 0.4) is 0 Å². The lowest BCUT2D eigenvalue weighted by molar-refractivity contribution is -0.137. The lowest BCUT2D eigenvalue weighted by Crippen LogP contribution is -2.46. The number of ether oxygens (including phenoxy) is 1. The predicted octanol–water partition coefficient (Wildman–Crippen LogP) is 3.45. The number of hydrogen-bond donors (Lipinski definition) is 3. The lowest BCUT2D eigenvalue weighted by atomic mass is 10.1. The number of benzene rings is 2. The molecular formula is C26H33N5O4S. The molecule has 9 nitrogen and oxygen atoms in total. The van der Waals surface area contributed by atoms with E-state index in [9.17, 15) is 9.59 Å². The summed E-state index contributed by atoms with van der Waals surface area (Å²) >= 11 is 1.56. The molecule has 36 heavy (non-hydrogen) atoms. The van der Waals surface area contributed by atoms with E-state index in [1.54, 1.807) is 29.7 Å². The fraction of sp³-hybridized carbons (Fsp3) is 0.423. The number of nitrogens with one attached hydrogen (secondary N) is 1. The number of hydrogen-bond acceptors (Lipinski definition) is 8. The minimum absolute atomic E-state index is 0.0426. The predicted molar refractivity (Wildman–Crippen MR) is 143 cm³/mol. The maximum Gasteiger partial charge on any atom is 0.303 e. The van der Waals surface area contributed by atoms with Crippen LogP contribution in [0.4, 0.5) is 11.5 Å². The van der Waals surface area contributed by atoms with Crippen molar-refractivity contribution in [1.29, 1.82) is 0 Å². The van der Waals surface area contributed by atoms with Crippen molar-refractivity contribution in [2.24, 2.45) is 0 Å². The van der Waals surface area contributed by atoms with Crippen molar-refractivity contribution in [3.8, 4) is 5.75 Å². The third-order valence-electron chi connectivity index (χ3n) is 6.29. The van der Waals surface area contributed by atoms with Crippen LogP contribution >= 0.6 is 11.5 Å². The first-order chi connectivity index (χ1) is 17.5. The van der Waals surface area contributed by atoms with E-state index < -0.39 is 5.97 Å². The van der Waals surface area contributed by atoms with Gasteiger partial charge in [0, 0.05) is 50.2 Å². The second-order valence-electron chi connectivity index (χ2n) is 8.89. The summed E-state index contributed by atoms with van der Waals surface area (Å²) in [5.41, 5.74) is 6.74. The van der Waals surface area contributed by atoms with E-state index >= 15 is 0 Å². The molecule has 1 aliphatic heterocycles. The number of carboxylic acids is 1. The number of carbonyl (C=O) groups excluding carboxylic acids is 1. The van der Waals surface area contributed by atoms with Gasteiger partial charge in [-0.15, -0.1) is 0 Å². The minimum Gasteiger partial charge on any atom is -0.494 e. The van der Waals surface area contributed by atoms with Crippen molar-refractivity contribution in [3.05, 3.63) is 48.0 Å². The van der Waals surface area contributed by atoms with Gasteiger partial charge in [-0.2, -0.15) is 4.37 Å². The number of rotatable bonds is 12. The van der Waals surface area contributed by atoms with E-state index in [1.807, 2.05) is 0 Å². The van der Waals surface area contributed by atoms with Crippen LogP contribution in [-0.2, 0) is 4.79 Å². The Labute approximate surface area is 215 Å². The van der Waals surface area contributed by atoms with Gasteiger partial charge in [0.1, 0.15) is 11.6 Å². The fourth-order valence-corrected chi connectivity index (χ4v) is 5.07. The standard InChI is InChI=1S/C26H33N5O4S/c27-22-10-9-19(35-17-5-8-24(32)33)18-21(22)26(34)28-11-3-4-12-30-13-15-31(16-14-30)25-20-6-1-2-7-23(20)36-29-25/h1-2,6-7,9-10,18H,3-5,8,11-17,27H2,(H,28,34)(H,32,33). The van der Waals surface area contributed by atoms with Crippen LogP contribution in [0, 0.1) is 0 Å². The number of nitrogens with zero attached hydrogens (tertiary/aromatic N) is 3. The second kappa shape index (κ2) is 12.5. The molecular weight excluding hydrogens is 478 g/mol. The Bertz CT molecular complexity index is 1180. The van der Waals surface area contributed by atoms with Gasteiger partial charge in [-0.05, 0) is 67.7 Å². The molecule has 1 aliphatic rings. The number of unbranched alkanes of at least 4 members (excludes halogenated alkanes) is 1. The van der Waals surface area contributed by atoms with Crippen LogP contribution in [0.1, 0.15) is 36.0 Å². The number of fused-ring (bicyclic) bond motifs is 1. The number of amides is 1. The SMILES string of the molecule is Nc1ccc(OCCCC(=O)O)cc1C(=O)NCCCCN1CCN(c2nsc3ccccc23)CC1. The van der Waals surface area contributed by atoms with Crippen molar-refractivity contribution in [1.82, 2.24) is 14.6 Å². The van der Waals surface area contributed by atoms with E-state index in [0.717, 1.165) is 51.4 Å². The Morgan fingerprint density at radius 2 is 1.89 bits per heavy atom. The summed E-state index contributed by atoms with van der Waals surface area (Å²) < 4.78 is 11.5. The van der Waals surface area contributed by atoms with Crippen molar-refractivity contribution in [2.45, 2.75) is 25.7 Å². The Kier molecular flexibility index (Phi) is 8.96. The van der Waals surface area contributed by atoms with E-state index in [0.29, 0.717) is 30.0 Å². The number of nitrogen functional groups attached to an aromatic ring is 1. The largest absolute Gasteiger partial charge is 0.494 e. The summed E-state index contributed by atoms with van der Waals surface area (Å²) in [6, 6.07) is 13.3. The second-order valence-corrected chi connectivity index (χ2v) is 9.69. The van der Waals surface area contributed by atoms with Crippen LogP contribution in [0.5, 0.6) is 5.75 Å². The first kappa shape index (κ1) is 25.7. The quantitative estimate of drug-likeness (QED) is 0.250. The van der Waals surface area contributed by atoms with Gasteiger partial charge in [0.2, 0.25) is 0 Å². The molecule has 192 valence electrons. The highest BCUT2D eigenvalue weighted by Crippen LogP contribution is 2.29. The molecule has 1 aromatic heterocycles. The summed E-state index contributed by atoms with van der Waals surface area (Å²) in [6.45, 7) is 5.81. The summed E-state index contributed by atoms with van der Waals surface area (Å²) in [7, 11) is 0. The molecule has 4 N–H and O–H groups in total. The molecule has 0 atom stereocenters. The van der Waals surface area contributed by atoms with Crippen molar-refractivity contribution in [2.75, 3.05) is 56.5 Å². The zero-order valence-corrected chi connectivity index (χ0v) is 21.1. The Hall–Kier alpha value is -3.37. The highest BCUT2D eigenvalue weighted by atomic mass is 32.1. The molecule has 1 fully saturated rings. The molecule has 4 rings (SSSR count). The number of aromatic nitrogens is 1. The first-order valence-corrected chi connectivity index (χ1v) is 13.1. The van der Waals surface area contributed by atoms with E-state index in [2.05, 4.69) is 43.8 Å². The number of piperazine rings is 1. The molecule has 0 aliphatic carbocycles. The maximum atomic E-state index is 12.6. The van der Waals surface area contributed by atoms with Crippen molar-refractivity contribution in [3.63, 3.8) is 0 Å². The van der Waals surface area contributed by atoms with Crippen LogP contribution in [-0.4, -0.2) is 72.1 Å². The summed E-state index contributed by atoms with van der Waals surface area (Å²) in [5.74, 6) is 0.520. The van der Waals surface area contributed by atoms with E-state index in [4.69, 9.17) is 15.6 Å². The zero-order chi connectivity index (χ0) is 25.3. The third kappa shape index (κ3) is 6.86. The summed E-state index contributed by atoms with van der Waals surface area (Å²) in [6.07, 6.45) is 2.33. The third-order valence-corrected chi connectivity index (χ3v) is 7.11. The van der Waals surface area contributed by atoms with Gasteiger partial charge < -0.3 is 25.8 Å². The van der Waals surface area contributed by atoms with Crippen molar-refractivity contribution >= 4 is 45.0 Å². The van der Waals surface area contributed by atoms with Crippen LogP contribution in [0.15, 0.2) is 42.5 Å². The molecule has 0 spiro atoms. The van der Waals surface area contributed by atoms with Gasteiger partial charge in [0.25, 0.3) is 5.91 Å². The minimum atomic E-state index is -0.859. The van der Waals surface area contributed by atoms with Gasteiger partial charge in [0.05, 0.1) is 16.9 Å². The first-order valence-electron chi connectivity index (χ1n) is 12.4. The van der Waals surface area contributed by atoms with Gasteiger partial charge >= 0.3 is 5.97 Å². The molecule has 2 heterocycles. The molecule has 0 saturated carbocycles. The highest BCUT2D eigenvalue weighted by molar-refractivity contribution is 7.13. The molecule has 10 heteroatoms. The highest BCUT2D eigenvalue weighted by Gasteiger charge is 2.20. The number of nitrogens with two attached hydrogens (primary N) is 1. The van der Waals surface area contributed by atoms with Crippen LogP contribution in [0.2, 0.25) is 0 Å². The van der Waals surface area contributed by atoms with E-state index in [-0.39, 0.29) is 18.9 Å². The summed E-state index contributed by atoms with van der Waals surface area (Å²) in [4.78, 5) is 28.0. The van der Waals surface area contributed by atoms with Crippen LogP contribution < -0.4 is 20.7 Å². The molecule has 0 radical (unpaired) electrons. The topological polar surface area (TPSA) is 121 Å². The number of anilines is 2. The number of carboxylic acid groups (broad SMARTS) is 1. The molecule has 1 amide bonds. The molecule has 0 unspecified atom stereocenters. The van der Waals surface area contributed by atoms with Crippen molar-refractivity contribution < 1.29 is 19.4 Å². The Morgan fingerprint density at radius 3 is 2.69 bits per heavy atom. The number of carbonyl (C=O) groups is 2. The average Bonchev–Trinajstić information content (AvgIpc) is 3.32. The smallest absolute Gasteiger partial charge is 0.303 e. The normalized spacial score (nSPS) is 14.2. The molecule has 1 saturated heterocycles. The Morgan fingerprint density at radius 1 is 1.08 bits per heavy atom. The summed E-state index contributed by atoms with van der Waals surface area (Å²) in [5, 5.41) is 12.9. The fourth-order valence-electron chi connectivity index (χ4n) is 4.28. The Balaban J connectivity index is 1.14. The number of aliphatic carboxylic acids is 1. The molecule has 0 bridgehead atoms. The monoisotopic (exact) mass is 511 g/mol. The van der Waals surface area contributed by atoms with E-state index in [1.165, 1.54) is 10.1 Å². The lowest BCUT2D eigenvalue weighted by Gasteiger charge is -2.35. The van der Waals surface area contributed by atoms with Gasteiger partial charge in [-0.1, -0.05) is 12.1 Å². The van der Waals surface area contributed by atoms with Crippen LogP contribution in [0.25, 0.3) is 10.1 Å².